The Balaban J connectivity index is 3.07. The molecule has 1 atom stereocenters. The third kappa shape index (κ3) is 3.00. The van der Waals surface area contributed by atoms with E-state index in [4.69, 9.17) is 0 Å². The molecule has 0 fully saturated rings. The Bertz CT molecular complexity index is 39.7. The van der Waals surface area contributed by atoms with E-state index in [0.717, 1.165) is 25.9 Å². The molecule has 0 aliphatic heterocycles. The summed E-state index contributed by atoms with van der Waals surface area (Å²) in [4.78, 5) is 0. The number of rotatable bonds is 4. The zero-order valence-corrected chi connectivity index (χ0v) is 5.65. The van der Waals surface area contributed by atoms with Crippen molar-refractivity contribution in [3.63, 3.8) is 0 Å². The van der Waals surface area contributed by atoms with Gasteiger partial charge in [0.2, 0.25) is 0 Å². The maximum atomic E-state index is 11.7. The highest BCUT2D eigenvalue weighted by Crippen LogP contribution is 2.13. The second kappa shape index (κ2) is 5.07. The monoisotopic (exact) mass is 117 g/mol. The van der Waals surface area contributed by atoms with Crippen molar-refractivity contribution < 1.29 is 4.39 Å². The van der Waals surface area contributed by atoms with Gasteiger partial charge in [-0.2, -0.15) is 0 Å². The van der Waals surface area contributed by atoms with E-state index >= 15 is 0 Å². The van der Waals surface area contributed by atoms with Gasteiger partial charge in [-0.05, 0) is 12.3 Å². The quantitative estimate of drug-likeness (QED) is 0.531. The standard InChI is InChI=1S/C7H14F/c1-3-5-7(4-2)6-8/h6-7H,3-5H2,1-2H3. The molecule has 0 rings (SSSR count). The van der Waals surface area contributed by atoms with Gasteiger partial charge < -0.3 is 0 Å². The summed E-state index contributed by atoms with van der Waals surface area (Å²) >= 11 is 0. The van der Waals surface area contributed by atoms with Crippen molar-refractivity contribution in [2.24, 2.45) is 5.92 Å². The summed E-state index contributed by atoms with van der Waals surface area (Å²) in [6, 6.07) is 0. The molecule has 0 saturated heterocycles. The molecule has 49 valence electrons. The molecule has 0 heterocycles. The van der Waals surface area contributed by atoms with Crippen LogP contribution in [-0.4, -0.2) is 0 Å². The van der Waals surface area contributed by atoms with Gasteiger partial charge in [0.25, 0.3) is 0 Å². The highest BCUT2D eigenvalue weighted by molar-refractivity contribution is 4.62. The highest BCUT2D eigenvalue weighted by atomic mass is 19.1. The van der Waals surface area contributed by atoms with Gasteiger partial charge in [-0.25, -0.2) is 4.39 Å². The summed E-state index contributed by atoms with van der Waals surface area (Å²) in [5, 5.41) is 0. The van der Waals surface area contributed by atoms with Crippen LogP contribution in [0, 0.1) is 12.6 Å². The fourth-order valence-electron chi connectivity index (χ4n) is 0.727. The fraction of sp³-hybridized carbons (Fsp3) is 0.857. The maximum absolute atomic E-state index is 11.7. The van der Waals surface area contributed by atoms with Gasteiger partial charge in [0, 0.05) is 0 Å². The maximum Gasteiger partial charge on any atom is 0.134 e. The molecule has 1 unspecified atom stereocenters. The molecule has 0 saturated carbocycles. The first kappa shape index (κ1) is 7.93. The summed E-state index contributed by atoms with van der Waals surface area (Å²) in [6.45, 7) is 4.89. The molecule has 0 amide bonds. The molecule has 0 spiro atoms. The number of halogens is 1. The second-order valence-corrected chi connectivity index (χ2v) is 2.08. The molecule has 8 heavy (non-hydrogen) atoms. The lowest BCUT2D eigenvalue weighted by Crippen LogP contribution is -1.94. The molecule has 0 bridgehead atoms. The Kier molecular flexibility index (Phi) is 5.03. The minimum atomic E-state index is 0.208. The van der Waals surface area contributed by atoms with E-state index in [1.54, 1.807) is 0 Å². The topological polar surface area (TPSA) is 0 Å². The van der Waals surface area contributed by atoms with Gasteiger partial charge in [-0.15, -0.1) is 0 Å². The van der Waals surface area contributed by atoms with Crippen molar-refractivity contribution in [1.29, 1.82) is 0 Å². The summed E-state index contributed by atoms with van der Waals surface area (Å²) in [6.07, 6.45) is 3.01. The predicted molar refractivity (Wildman–Crippen MR) is 34.1 cm³/mol. The van der Waals surface area contributed by atoms with Gasteiger partial charge in [0.05, 0.1) is 0 Å². The van der Waals surface area contributed by atoms with Gasteiger partial charge in [-0.3, -0.25) is 0 Å². The van der Waals surface area contributed by atoms with Crippen LogP contribution in [0.2, 0.25) is 0 Å². The third-order valence-electron chi connectivity index (χ3n) is 1.36. The van der Waals surface area contributed by atoms with Crippen molar-refractivity contribution in [3.05, 3.63) is 6.67 Å². The Morgan fingerprint density at radius 3 is 2.25 bits per heavy atom. The van der Waals surface area contributed by atoms with Crippen LogP contribution in [0.4, 0.5) is 4.39 Å². The van der Waals surface area contributed by atoms with E-state index in [1.807, 2.05) is 6.92 Å². The summed E-state index contributed by atoms with van der Waals surface area (Å²) in [7, 11) is 0. The fourth-order valence-corrected chi connectivity index (χ4v) is 0.727. The average molecular weight is 117 g/mol. The lowest BCUT2D eigenvalue weighted by Gasteiger charge is -2.05. The molecule has 0 aromatic carbocycles. The number of hydrogen-bond acceptors (Lipinski definition) is 0. The average Bonchev–Trinajstić information content (AvgIpc) is 1.83. The predicted octanol–water partition coefficient (Wildman–Crippen LogP) is 2.94. The first-order valence-electron chi connectivity index (χ1n) is 3.28. The van der Waals surface area contributed by atoms with Crippen LogP contribution in [0.25, 0.3) is 0 Å². The van der Waals surface area contributed by atoms with Gasteiger partial charge in [-0.1, -0.05) is 26.7 Å². The Labute approximate surface area is 51.1 Å². The van der Waals surface area contributed by atoms with Crippen molar-refractivity contribution in [3.8, 4) is 0 Å². The third-order valence-corrected chi connectivity index (χ3v) is 1.36. The van der Waals surface area contributed by atoms with E-state index in [0.29, 0.717) is 0 Å². The Hall–Kier alpha value is -0.0700. The van der Waals surface area contributed by atoms with Crippen molar-refractivity contribution >= 4 is 0 Å². The summed E-state index contributed by atoms with van der Waals surface area (Å²) in [5.41, 5.74) is 0. The summed E-state index contributed by atoms with van der Waals surface area (Å²) < 4.78 is 11.7. The zero-order valence-electron chi connectivity index (χ0n) is 5.65. The van der Waals surface area contributed by atoms with E-state index < -0.39 is 0 Å². The summed E-state index contributed by atoms with van der Waals surface area (Å²) in [5.74, 6) is 0.208. The minimum Gasteiger partial charge on any atom is -0.244 e. The minimum absolute atomic E-state index is 0.208. The Morgan fingerprint density at radius 1 is 1.50 bits per heavy atom. The first-order valence-corrected chi connectivity index (χ1v) is 3.28. The SMILES string of the molecule is CCCC([CH]F)CC. The van der Waals surface area contributed by atoms with Crippen LogP contribution in [-0.2, 0) is 0 Å². The van der Waals surface area contributed by atoms with Crippen LogP contribution in [0.1, 0.15) is 33.1 Å². The molecule has 0 aromatic heterocycles. The number of hydrogen-bond donors (Lipinski definition) is 0. The lowest BCUT2D eigenvalue weighted by molar-refractivity contribution is 0.414. The molecule has 1 heteroatoms. The molecule has 0 aliphatic rings. The van der Waals surface area contributed by atoms with Crippen LogP contribution < -0.4 is 0 Å². The van der Waals surface area contributed by atoms with E-state index in [2.05, 4.69) is 6.92 Å². The smallest absolute Gasteiger partial charge is 0.134 e. The van der Waals surface area contributed by atoms with Crippen molar-refractivity contribution in [1.82, 2.24) is 0 Å². The van der Waals surface area contributed by atoms with Crippen LogP contribution in [0.5, 0.6) is 0 Å². The second-order valence-electron chi connectivity index (χ2n) is 2.08. The molecular formula is C7H14F. The highest BCUT2D eigenvalue weighted by Gasteiger charge is 2.02. The zero-order chi connectivity index (χ0) is 6.41. The van der Waals surface area contributed by atoms with E-state index in [9.17, 15) is 4.39 Å². The van der Waals surface area contributed by atoms with Crippen LogP contribution in [0.15, 0.2) is 0 Å². The molecule has 0 N–H and O–H groups in total. The molecule has 0 aliphatic carbocycles. The largest absolute Gasteiger partial charge is 0.244 e. The van der Waals surface area contributed by atoms with Gasteiger partial charge in [0.15, 0.2) is 0 Å². The van der Waals surface area contributed by atoms with Crippen molar-refractivity contribution in [2.45, 2.75) is 33.1 Å². The van der Waals surface area contributed by atoms with E-state index in [-0.39, 0.29) is 5.92 Å². The normalized spacial score (nSPS) is 13.9. The first-order chi connectivity index (χ1) is 3.85. The van der Waals surface area contributed by atoms with E-state index in [1.165, 1.54) is 0 Å². The molecule has 1 radical (unpaired) electrons. The molecule has 0 nitrogen and oxygen atoms in total. The van der Waals surface area contributed by atoms with Gasteiger partial charge >= 0.3 is 0 Å². The Morgan fingerprint density at radius 2 is 2.12 bits per heavy atom. The molecule has 0 aromatic rings. The van der Waals surface area contributed by atoms with Crippen LogP contribution >= 0.6 is 0 Å². The van der Waals surface area contributed by atoms with Crippen LogP contribution in [0.3, 0.4) is 0 Å². The lowest BCUT2D eigenvalue weighted by atomic mass is 10.0. The molecular weight excluding hydrogens is 103 g/mol. The van der Waals surface area contributed by atoms with Crippen molar-refractivity contribution in [2.75, 3.05) is 0 Å². The van der Waals surface area contributed by atoms with Gasteiger partial charge in [0.1, 0.15) is 6.67 Å².